The van der Waals surface area contributed by atoms with E-state index in [1.54, 1.807) is 0 Å². The fourth-order valence-corrected chi connectivity index (χ4v) is 10.8. The monoisotopic (exact) mass is 544 g/mol. The molecule has 216 valence electrons. The molecule has 0 spiro atoms. The van der Waals surface area contributed by atoms with Crippen molar-refractivity contribution in [3.8, 4) is 6.07 Å². The number of amides is 1. The van der Waals surface area contributed by atoms with E-state index in [1.807, 2.05) is 26.0 Å². The normalized spacial score (nSPS) is 45.0. The van der Waals surface area contributed by atoms with Crippen LogP contribution in [0.3, 0.4) is 0 Å². The predicted octanol–water partition coefficient (Wildman–Crippen LogP) is 6.73. The molecule has 2 unspecified atom stereocenters. The second-order valence-electron chi connectivity index (χ2n) is 16.6. The quantitative estimate of drug-likeness (QED) is 0.427. The number of allylic oxidation sites excluding steroid dienone is 4. The van der Waals surface area contributed by atoms with Crippen LogP contribution in [0.15, 0.2) is 23.3 Å². The summed E-state index contributed by atoms with van der Waals surface area (Å²) in [7, 11) is 0. The number of hydrogen-bond acceptors (Lipinski definition) is 4. The Kier molecular flexibility index (Phi) is 5.88. The Hall–Kier alpha value is -2.22. The van der Waals surface area contributed by atoms with Crippen molar-refractivity contribution < 1.29 is 14.4 Å². The van der Waals surface area contributed by atoms with Crippen LogP contribution in [0.1, 0.15) is 106 Å². The number of nitrogens with one attached hydrogen (secondary N) is 1. The average molecular weight is 545 g/mol. The molecule has 0 aliphatic heterocycles. The minimum Gasteiger partial charge on any atom is -0.355 e. The summed E-state index contributed by atoms with van der Waals surface area (Å²) in [6.07, 6.45) is 13.0. The number of nitrogens with zero attached hydrogens (tertiary/aromatic N) is 1. The first-order valence-corrected chi connectivity index (χ1v) is 15.8. The Morgan fingerprint density at radius 3 is 2.30 bits per heavy atom. The van der Waals surface area contributed by atoms with Crippen molar-refractivity contribution in [2.75, 3.05) is 6.54 Å². The Labute approximate surface area is 240 Å². The molecule has 6 aliphatic carbocycles. The van der Waals surface area contributed by atoms with Gasteiger partial charge in [-0.15, -0.1) is 0 Å². The van der Waals surface area contributed by atoms with Gasteiger partial charge >= 0.3 is 0 Å². The van der Waals surface area contributed by atoms with E-state index in [2.05, 4.69) is 46.0 Å². The van der Waals surface area contributed by atoms with E-state index in [4.69, 9.17) is 0 Å². The highest BCUT2D eigenvalue weighted by Gasteiger charge is 2.69. The number of nitriles is 1. The number of Topliss-reactive ketones (excluding diaryl/α,β-unsaturated/α-hetero) is 1. The standard InChI is InChI=1S/C35H48N2O3/c1-30(2)12-14-35(20-37-29(40)21-8-9-21)15-13-34(7)27(23(35)18-30)24(38)16-26-32(5)17-22(19-36)28(39)31(3,4)25(32)10-11-33(26,34)6/h16-17,21,23,25,27H,8-15,18,20H2,1-7H3,(H,37,40)/t23?,25?,27-,32-,33+,34+,35+/m0/s1. The summed E-state index contributed by atoms with van der Waals surface area (Å²) in [5, 5.41) is 13.3. The number of rotatable bonds is 3. The summed E-state index contributed by atoms with van der Waals surface area (Å²) in [5.74, 6) is 0.786. The van der Waals surface area contributed by atoms with Crippen LogP contribution < -0.4 is 5.32 Å². The summed E-state index contributed by atoms with van der Waals surface area (Å²) in [6.45, 7) is 16.3. The van der Waals surface area contributed by atoms with Crippen molar-refractivity contribution in [3.63, 3.8) is 0 Å². The van der Waals surface area contributed by atoms with Crippen molar-refractivity contribution in [1.82, 2.24) is 5.32 Å². The fraction of sp³-hybridized carbons (Fsp3) is 0.771. The molecule has 4 saturated carbocycles. The zero-order valence-corrected chi connectivity index (χ0v) is 25.7. The van der Waals surface area contributed by atoms with Gasteiger partial charge in [-0.2, -0.15) is 5.26 Å². The second-order valence-corrected chi connectivity index (χ2v) is 16.6. The minimum absolute atomic E-state index is 0.0319. The fourth-order valence-electron chi connectivity index (χ4n) is 10.8. The lowest BCUT2D eigenvalue weighted by Crippen LogP contribution is -2.65. The maximum absolute atomic E-state index is 14.6. The van der Waals surface area contributed by atoms with Crippen LogP contribution in [0.25, 0.3) is 0 Å². The number of carbonyl (C=O) groups excluding carboxylic acids is 3. The van der Waals surface area contributed by atoms with Crippen LogP contribution in [0, 0.1) is 67.5 Å². The molecule has 1 amide bonds. The highest BCUT2D eigenvalue weighted by atomic mass is 16.2. The molecule has 7 atom stereocenters. The molecule has 0 heterocycles. The summed E-state index contributed by atoms with van der Waals surface area (Å²) < 4.78 is 0. The van der Waals surface area contributed by atoms with Crippen molar-refractivity contribution in [3.05, 3.63) is 23.3 Å². The van der Waals surface area contributed by atoms with Gasteiger partial charge in [0.05, 0.1) is 5.57 Å². The molecule has 0 aromatic rings. The molecule has 0 aromatic carbocycles. The van der Waals surface area contributed by atoms with E-state index >= 15 is 0 Å². The molecule has 5 nitrogen and oxygen atoms in total. The van der Waals surface area contributed by atoms with Gasteiger partial charge in [0.25, 0.3) is 0 Å². The Bertz CT molecular complexity index is 1290. The van der Waals surface area contributed by atoms with Gasteiger partial charge in [0.2, 0.25) is 5.91 Å². The summed E-state index contributed by atoms with van der Waals surface area (Å²) in [4.78, 5) is 40.6. The zero-order chi connectivity index (χ0) is 29.1. The first-order chi connectivity index (χ1) is 18.5. The SMILES string of the molecule is CC1(C)CC[C@]2(CNC(=O)C3CC3)CC[C@]3(C)[C@H](C(=O)C=C4[C@@]5(C)C=C(C#N)C(=O)C(C)(C)C5CC[C@]43C)C2C1. The van der Waals surface area contributed by atoms with E-state index in [1.165, 1.54) is 0 Å². The van der Waals surface area contributed by atoms with Crippen LogP contribution in [0.5, 0.6) is 0 Å². The Morgan fingerprint density at radius 2 is 1.65 bits per heavy atom. The highest BCUT2D eigenvalue weighted by molar-refractivity contribution is 6.04. The molecule has 6 aliphatic rings. The van der Waals surface area contributed by atoms with Crippen molar-refractivity contribution >= 4 is 17.5 Å². The van der Waals surface area contributed by atoms with Gasteiger partial charge in [0.15, 0.2) is 11.6 Å². The molecular formula is C35H48N2O3. The number of hydrogen-bond donors (Lipinski definition) is 1. The number of ketones is 2. The molecule has 1 N–H and O–H groups in total. The van der Waals surface area contributed by atoms with Gasteiger partial charge in [-0.25, -0.2) is 0 Å². The Morgan fingerprint density at radius 1 is 0.975 bits per heavy atom. The number of carbonyl (C=O) groups is 3. The van der Waals surface area contributed by atoms with E-state index in [9.17, 15) is 19.6 Å². The molecule has 5 heteroatoms. The van der Waals surface area contributed by atoms with Crippen LogP contribution in [-0.4, -0.2) is 24.0 Å². The third-order valence-corrected chi connectivity index (χ3v) is 13.6. The predicted molar refractivity (Wildman–Crippen MR) is 155 cm³/mol. The van der Waals surface area contributed by atoms with Gasteiger partial charge in [-0.3, -0.25) is 14.4 Å². The van der Waals surface area contributed by atoms with E-state index in [0.717, 1.165) is 63.4 Å². The van der Waals surface area contributed by atoms with E-state index in [0.29, 0.717) is 6.54 Å². The van der Waals surface area contributed by atoms with Crippen LogP contribution >= 0.6 is 0 Å². The average Bonchev–Trinajstić information content (AvgIpc) is 3.72. The van der Waals surface area contributed by atoms with Gasteiger partial charge in [0, 0.05) is 29.2 Å². The maximum Gasteiger partial charge on any atom is 0.223 e. The lowest BCUT2D eigenvalue weighted by molar-refractivity contribution is -0.171. The smallest absolute Gasteiger partial charge is 0.223 e. The minimum atomic E-state index is -0.646. The van der Waals surface area contributed by atoms with Gasteiger partial charge < -0.3 is 5.32 Å². The van der Waals surface area contributed by atoms with E-state index < -0.39 is 10.8 Å². The summed E-state index contributed by atoms with van der Waals surface area (Å²) in [6, 6.07) is 2.20. The summed E-state index contributed by atoms with van der Waals surface area (Å²) in [5.41, 5.74) is -0.0270. The molecule has 6 rings (SSSR count). The maximum atomic E-state index is 14.6. The molecular weight excluding hydrogens is 496 g/mol. The third-order valence-electron chi connectivity index (χ3n) is 13.6. The lowest BCUT2D eigenvalue weighted by Gasteiger charge is -2.69. The van der Waals surface area contributed by atoms with Crippen molar-refractivity contribution in [1.29, 1.82) is 5.26 Å². The molecule has 0 radical (unpaired) electrons. The lowest BCUT2D eigenvalue weighted by atomic mass is 9.34. The van der Waals surface area contributed by atoms with Crippen molar-refractivity contribution in [2.24, 2.45) is 56.2 Å². The zero-order valence-electron chi connectivity index (χ0n) is 25.7. The van der Waals surface area contributed by atoms with Gasteiger partial charge in [-0.05, 0) is 97.4 Å². The molecule has 0 saturated heterocycles. The summed E-state index contributed by atoms with van der Waals surface area (Å²) >= 11 is 0. The first kappa shape index (κ1) is 27.9. The Balaban J connectivity index is 1.45. The molecule has 0 bridgehead atoms. The molecule has 4 fully saturated rings. The molecule has 40 heavy (non-hydrogen) atoms. The number of fused-ring (bicyclic) bond motifs is 7. The first-order valence-electron chi connectivity index (χ1n) is 15.8. The topological polar surface area (TPSA) is 87.0 Å². The molecule has 0 aromatic heterocycles. The van der Waals surface area contributed by atoms with Crippen LogP contribution in [0.4, 0.5) is 0 Å². The van der Waals surface area contributed by atoms with Crippen LogP contribution in [0.2, 0.25) is 0 Å². The second kappa shape index (κ2) is 8.42. The van der Waals surface area contributed by atoms with Gasteiger partial charge in [-0.1, -0.05) is 60.1 Å². The van der Waals surface area contributed by atoms with Crippen molar-refractivity contribution in [2.45, 2.75) is 106 Å². The third kappa shape index (κ3) is 3.59. The van der Waals surface area contributed by atoms with Gasteiger partial charge in [0.1, 0.15) is 6.07 Å². The van der Waals surface area contributed by atoms with Crippen LogP contribution in [-0.2, 0) is 14.4 Å². The highest BCUT2D eigenvalue weighted by Crippen LogP contribution is 2.74. The van der Waals surface area contributed by atoms with E-state index in [-0.39, 0.29) is 68.4 Å². The largest absolute Gasteiger partial charge is 0.355 e.